The molecule has 1 aromatic carbocycles. The normalized spacial score (nSPS) is 17.9. The molecular formula is C20H30N2O4. The van der Waals surface area contributed by atoms with Crippen LogP contribution in [0.1, 0.15) is 38.2 Å². The van der Waals surface area contributed by atoms with Crippen molar-refractivity contribution in [2.45, 2.75) is 45.3 Å². The van der Waals surface area contributed by atoms with E-state index in [0.29, 0.717) is 26.1 Å². The van der Waals surface area contributed by atoms with Gasteiger partial charge in [-0.05, 0) is 18.4 Å². The van der Waals surface area contributed by atoms with Gasteiger partial charge in [-0.2, -0.15) is 0 Å². The monoisotopic (exact) mass is 362 g/mol. The van der Waals surface area contributed by atoms with Crippen LogP contribution in [0, 0.1) is 5.92 Å². The molecule has 0 N–H and O–H groups in total. The van der Waals surface area contributed by atoms with E-state index in [-0.39, 0.29) is 24.5 Å². The first kappa shape index (κ1) is 20.4. The maximum atomic E-state index is 12.9. The summed E-state index contributed by atoms with van der Waals surface area (Å²) < 4.78 is 5.36. The van der Waals surface area contributed by atoms with Crippen LogP contribution in [0.4, 0.5) is 0 Å². The lowest BCUT2D eigenvalue weighted by molar-refractivity contribution is -0.183. The Balaban J connectivity index is 1.93. The number of unbranched alkanes of at least 4 members (excludes halogenated alkanes) is 1. The van der Waals surface area contributed by atoms with Gasteiger partial charge in [0.25, 0.3) is 0 Å². The Morgan fingerprint density at radius 1 is 1.38 bits per heavy atom. The average molecular weight is 362 g/mol. The maximum absolute atomic E-state index is 12.9. The number of nitrogens with zero attached hydrogens (tertiary/aromatic N) is 2. The molecule has 0 saturated carbocycles. The van der Waals surface area contributed by atoms with Crippen LogP contribution < -0.4 is 0 Å². The molecule has 26 heavy (non-hydrogen) atoms. The van der Waals surface area contributed by atoms with Gasteiger partial charge in [-0.25, -0.2) is 5.06 Å². The molecule has 2 amide bonds. The van der Waals surface area contributed by atoms with E-state index in [4.69, 9.17) is 9.57 Å². The molecule has 144 valence electrons. The van der Waals surface area contributed by atoms with Gasteiger partial charge in [0.05, 0.1) is 18.6 Å². The van der Waals surface area contributed by atoms with E-state index in [9.17, 15) is 9.59 Å². The largest absolute Gasteiger partial charge is 0.380 e. The molecule has 1 heterocycles. The number of likely N-dealkylation sites (tertiary alicyclic amines) is 1. The second kappa shape index (κ2) is 10.9. The van der Waals surface area contributed by atoms with Gasteiger partial charge in [-0.15, -0.1) is 0 Å². The smallest absolute Gasteiger partial charge is 0.233 e. The van der Waals surface area contributed by atoms with Crippen LogP contribution in [0.25, 0.3) is 0 Å². The summed E-state index contributed by atoms with van der Waals surface area (Å²) in [6.45, 7) is 4.03. The van der Waals surface area contributed by atoms with E-state index >= 15 is 0 Å². The predicted molar refractivity (Wildman–Crippen MR) is 99.0 cm³/mol. The SMILES string of the molecule is CCCCC(CN(C=O)OCc1ccccc1)C(=O)N1CCC(OC)C1. The van der Waals surface area contributed by atoms with Gasteiger partial charge >= 0.3 is 0 Å². The molecule has 2 rings (SSSR count). The second-order valence-electron chi connectivity index (χ2n) is 6.73. The first-order chi connectivity index (χ1) is 12.7. The number of ether oxygens (including phenoxy) is 1. The van der Waals surface area contributed by atoms with Crippen molar-refractivity contribution in [3.8, 4) is 0 Å². The summed E-state index contributed by atoms with van der Waals surface area (Å²) >= 11 is 0. The van der Waals surface area contributed by atoms with E-state index in [1.807, 2.05) is 35.2 Å². The van der Waals surface area contributed by atoms with Crippen molar-refractivity contribution in [1.29, 1.82) is 0 Å². The average Bonchev–Trinajstić information content (AvgIpc) is 3.17. The Morgan fingerprint density at radius 2 is 2.15 bits per heavy atom. The minimum atomic E-state index is -0.244. The third-order valence-electron chi connectivity index (χ3n) is 4.80. The van der Waals surface area contributed by atoms with Crippen LogP contribution in [0.5, 0.6) is 0 Å². The second-order valence-corrected chi connectivity index (χ2v) is 6.73. The van der Waals surface area contributed by atoms with Gasteiger partial charge in [0, 0.05) is 20.2 Å². The molecule has 1 aromatic rings. The fourth-order valence-electron chi connectivity index (χ4n) is 3.20. The van der Waals surface area contributed by atoms with E-state index in [0.717, 1.165) is 31.2 Å². The van der Waals surface area contributed by atoms with Crippen LogP contribution >= 0.6 is 0 Å². The minimum absolute atomic E-state index is 0.0909. The fourth-order valence-corrected chi connectivity index (χ4v) is 3.20. The van der Waals surface area contributed by atoms with Crippen molar-refractivity contribution in [3.05, 3.63) is 35.9 Å². The highest BCUT2D eigenvalue weighted by atomic mass is 16.7. The van der Waals surface area contributed by atoms with Crippen molar-refractivity contribution >= 4 is 12.3 Å². The Hall–Kier alpha value is -1.92. The first-order valence-corrected chi connectivity index (χ1v) is 9.38. The van der Waals surface area contributed by atoms with E-state index in [2.05, 4.69) is 6.92 Å². The number of benzene rings is 1. The third-order valence-corrected chi connectivity index (χ3v) is 4.80. The molecule has 0 radical (unpaired) electrons. The summed E-state index contributed by atoms with van der Waals surface area (Å²) in [4.78, 5) is 31.8. The Bertz CT molecular complexity index is 552. The predicted octanol–water partition coefficient (Wildman–Crippen LogP) is 2.63. The van der Waals surface area contributed by atoms with Crippen LogP contribution in [0.15, 0.2) is 30.3 Å². The standard InChI is InChI=1S/C20H30N2O4/c1-3-4-10-18(20(24)21-12-11-19(14-21)25-2)13-22(16-23)26-15-17-8-6-5-7-9-17/h5-9,16,18-19H,3-4,10-15H2,1-2H3. The Labute approximate surface area is 156 Å². The number of hydrogen-bond acceptors (Lipinski definition) is 4. The van der Waals surface area contributed by atoms with Gasteiger partial charge in [0.1, 0.15) is 6.61 Å². The van der Waals surface area contributed by atoms with Crippen molar-refractivity contribution in [3.63, 3.8) is 0 Å². The number of carbonyl (C=O) groups is 2. The van der Waals surface area contributed by atoms with Crippen LogP contribution in [-0.2, 0) is 25.8 Å². The molecule has 6 heteroatoms. The summed E-state index contributed by atoms with van der Waals surface area (Å²) in [5.74, 6) is -0.153. The van der Waals surface area contributed by atoms with Crippen molar-refractivity contribution < 1.29 is 19.2 Å². The molecule has 0 aromatic heterocycles. The number of methoxy groups -OCH3 is 1. The Kier molecular flexibility index (Phi) is 8.58. The summed E-state index contributed by atoms with van der Waals surface area (Å²) in [7, 11) is 1.68. The first-order valence-electron chi connectivity index (χ1n) is 9.38. The lowest BCUT2D eigenvalue weighted by atomic mass is 10.0. The molecule has 0 bridgehead atoms. The van der Waals surface area contributed by atoms with Gasteiger partial charge in [0.15, 0.2) is 0 Å². The minimum Gasteiger partial charge on any atom is -0.380 e. The number of carbonyl (C=O) groups excluding carboxylic acids is 2. The summed E-state index contributed by atoms with van der Waals surface area (Å²) in [5, 5.41) is 1.26. The van der Waals surface area contributed by atoms with Gasteiger partial charge in [0.2, 0.25) is 12.3 Å². The zero-order valence-corrected chi connectivity index (χ0v) is 15.8. The molecule has 1 aliphatic heterocycles. The van der Waals surface area contributed by atoms with Crippen LogP contribution in [0.2, 0.25) is 0 Å². The highest BCUT2D eigenvalue weighted by Gasteiger charge is 2.31. The van der Waals surface area contributed by atoms with E-state index < -0.39 is 0 Å². The van der Waals surface area contributed by atoms with Gasteiger partial charge in [-0.3, -0.25) is 14.4 Å². The molecular weight excluding hydrogens is 332 g/mol. The molecule has 0 aliphatic carbocycles. The molecule has 1 saturated heterocycles. The number of rotatable bonds is 11. The highest BCUT2D eigenvalue weighted by molar-refractivity contribution is 5.79. The van der Waals surface area contributed by atoms with Crippen molar-refractivity contribution in [1.82, 2.24) is 9.96 Å². The molecule has 6 nitrogen and oxygen atoms in total. The highest BCUT2D eigenvalue weighted by Crippen LogP contribution is 2.19. The molecule has 0 spiro atoms. The van der Waals surface area contributed by atoms with Crippen molar-refractivity contribution in [2.24, 2.45) is 5.92 Å². The zero-order chi connectivity index (χ0) is 18.8. The molecule has 1 fully saturated rings. The van der Waals surface area contributed by atoms with Crippen molar-refractivity contribution in [2.75, 3.05) is 26.7 Å². The topological polar surface area (TPSA) is 59.1 Å². The lowest BCUT2D eigenvalue weighted by Gasteiger charge is -2.27. The third kappa shape index (κ3) is 6.11. The fraction of sp³-hybridized carbons (Fsp3) is 0.600. The van der Waals surface area contributed by atoms with E-state index in [1.165, 1.54) is 5.06 Å². The molecule has 1 aliphatic rings. The molecule has 2 atom stereocenters. The van der Waals surface area contributed by atoms with Crippen LogP contribution in [0.3, 0.4) is 0 Å². The Morgan fingerprint density at radius 3 is 2.77 bits per heavy atom. The lowest BCUT2D eigenvalue weighted by Crippen LogP contribution is -2.41. The van der Waals surface area contributed by atoms with E-state index in [1.54, 1.807) is 7.11 Å². The summed E-state index contributed by atoms with van der Waals surface area (Å²) in [5.41, 5.74) is 0.985. The summed E-state index contributed by atoms with van der Waals surface area (Å²) in [6, 6.07) is 9.67. The van der Waals surface area contributed by atoms with Crippen LogP contribution in [-0.4, -0.2) is 55.1 Å². The molecule has 2 unspecified atom stereocenters. The quantitative estimate of drug-likeness (QED) is 0.448. The number of amides is 2. The number of hydroxylamine groups is 2. The van der Waals surface area contributed by atoms with Gasteiger partial charge in [-0.1, -0.05) is 50.1 Å². The summed E-state index contributed by atoms with van der Waals surface area (Å²) in [6.07, 6.45) is 4.35. The maximum Gasteiger partial charge on any atom is 0.233 e. The zero-order valence-electron chi connectivity index (χ0n) is 15.8. The van der Waals surface area contributed by atoms with Gasteiger partial charge < -0.3 is 9.64 Å². The number of hydrogen-bond donors (Lipinski definition) is 0.